The number of quaternary nitrogens is 1. The lowest BCUT2D eigenvalue weighted by molar-refractivity contribution is -0.796. The molecule has 2 rings (SSSR count). The molecule has 6 nitrogen and oxygen atoms in total. The zero-order valence-corrected chi connectivity index (χ0v) is 18.4. The van der Waals surface area contributed by atoms with Crippen LogP contribution >= 0.6 is 0 Å². The molecule has 0 radical (unpaired) electrons. The third-order valence-corrected chi connectivity index (χ3v) is 4.19. The van der Waals surface area contributed by atoms with Crippen LogP contribution in [0.25, 0.3) is 0 Å². The number of amides is 1. The van der Waals surface area contributed by atoms with Gasteiger partial charge >= 0.3 is 6.09 Å². The molecule has 1 amide bonds. The highest BCUT2D eigenvalue weighted by molar-refractivity contribution is 5.98. The van der Waals surface area contributed by atoms with Gasteiger partial charge in [-0.05, 0) is 32.9 Å². The summed E-state index contributed by atoms with van der Waals surface area (Å²) in [6.07, 6.45) is 0.871. The Morgan fingerprint density at radius 3 is 2.16 bits per heavy atom. The van der Waals surface area contributed by atoms with Crippen LogP contribution in [0.1, 0.15) is 20.8 Å². The first-order chi connectivity index (χ1) is 11.5. The molecule has 1 aromatic carbocycles. The number of hydrogen-bond donors (Lipinski definition) is 0. The minimum atomic E-state index is -0.386. The quantitative estimate of drug-likeness (QED) is 0.459. The molecule has 7 heteroatoms. The van der Waals surface area contributed by atoms with E-state index in [1.54, 1.807) is 21.1 Å². The van der Waals surface area contributed by atoms with Gasteiger partial charge in [-0.3, -0.25) is 0 Å². The van der Waals surface area contributed by atoms with Crippen LogP contribution in [-0.4, -0.2) is 72.8 Å². The molecule has 1 aliphatic rings. The molecule has 0 aromatic heterocycles. The van der Waals surface area contributed by atoms with E-state index in [1.807, 2.05) is 51.1 Å². The fraction of sp³-hybridized carbons (Fsp3) is 0.556. The van der Waals surface area contributed by atoms with Gasteiger partial charge in [0, 0.05) is 12.2 Å². The highest BCUT2D eigenvalue weighted by Crippen LogP contribution is 2.26. The van der Waals surface area contributed by atoms with Crippen LogP contribution < -0.4 is 4.90 Å². The number of carbonyl (C=O) groups is 2. The molecule has 2 unspecified atom stereocenters. The minimum absolute atomic E-state index is 0.0881. The first-order valence-electron chi connectivity index (χ1n) is 8.34. The summed E-state index contributed by atoms with van der Waals surface area (Å²) in [7, 11) is 6.05. The molecule has 0 N–H and O–H groups in total. The third kappa shape index (κ3) is 6.60. The van der Waals surface area contributed by atoms with Gasteiger partial charge < -0.3 is 18.9 Å². The molecule has 0 saturated carbocycles. The first-order valence-corrected chi connectivity index (χ1v) is 9.16. The number of rotatable bonds is 3. The summed E-state index contributed by atoms with van der Waals surface area (Å²) in [5, 5.41) is 0. The predicted molar refractivity (Wildman–Crippen MR) is 103 cm³/mol. The molecule has 1 saturated heterocycles. The Morgan fingerprint density at radius 2 is 1.80 bits per heavy atom. The Bertz CT molecular complexity index is 567. The number of nitrogens with zero attached hydrogens (tertiary/aromatic N) is 2. The van der Waals surface area contributed by atoms with E-state index >= 15 is 0 Å². The van der Waals surface area contributed by atoms with Gasteiger partial charge in [0.05, 0.1) is 27.2 Å². The normalized spacial score (nSPS) is 20.2. The predicted octanol–water partition coefficient (Wildman–Crippen LogP) is 1.37. The molecule has 1 fully saturated rings. The molecule has 0 bridgehead atoms. The number of hydrogen-bond acceptors (Lipinski definition) is 5. The summed E-state index contributed by atoms with van der Waals surface area (Å²) >= 11 is 0. The number of carbonyl (C=O) groups excluding carboxylic acids is 2. The second-order valence-corrected chi connectivity index (χ2v) is 8.35. The van der Waals surface area contributed by atoms with Crippen molar-refractivity contribution in [2.75, 3.05) is 32.6 Å². The second kappa shape index (κ2) is 8.60. The van der Waals surface area contributed by atoms with Gasteiger partial charge in [-0.1, -0.05) is 18.2 Å². The summed E-state index contributed by atoms with van der Waals surface area (Å²) in [6, 6.07) is 9.87. The van der Waals surface area contributed by atoms with Crippen LogP contribution in [0.4, 0.5) is 10.5 Å². The van der Waals surface area contributed by atoms with E-state index in [1.165, 1.54) is 0 Å². The molecular formula is C18H31N2O4Si+. The highest BCUT2D eigenvalue weighted by atomic mass is 28.2. The van der Waals surface area contributed by atoms with Crippen molar-refractivity contribution in [3.05, 3.63) is 30.3 Å². The van der Waals surface area contributed by atoms with E-state index in [4.69, 9.17) is 9.16 Å². The largest absolute Gasteiger partial charge is 0.515 e. The maximum absolute atomic E-state index is 11.2. The van der Waals surface area contributed by atoms with Gasteiger partial charge in [-0.2, -0.15) is 4.79 Å². The third-order valence-electron chi connectivity index (χ3n) is 3.59. The van der Waals surface area contributed by atoms with Gasteiger partial charge in [0.15, 0.2) is 0 Å². The second-order valence-electron chi connectivity index (χ2n) is 7.88. The van der Waals surface area contributed by atoms with Crippen LogP contribution in [-0.2, 0) is 14.0 Å². The van der Waals surface area contributed by atoms with E-state index in [2.05, 4.69) is 4.90 Å². The first kappa shape index (κ1) is 21.3. The number of ether oxygens (including phenoxy) is 1. The van der Waals surface area contributed by atoms with Crippen molar-refractivity contribution in [3.63, 3.8) is 0 Å². The number of anilines is 1. The Kier molecular flexibility index (Phi) is 7.34. The van der Waals surface area contributed by atoms with Gasteiger partial charge in [0.25, 0.3) is 0 Å². The van der Waals surface area contributed by atoms with E-state index in [0.717, 1.165) is 18.5 Å². The zero-order chi connectivity index (χ0) is 19.3. The fourth-order valence-electron chi connectivity index (χ4n) is 2.16. The van der Waals surface area contributed by atoms with E-state index < -0.39 is 0 Å². The fourth-order valence-corrected chi connectivity index (χ4v) is 2.59. The van der Waals surface area contributed by atoms with Crippen molar-refractivity contribution >= 4 is 28.6 Å². The minimum Gasteiger partial charge on any atom is -0.421 e. The lowest BCUT2D eigenvalue weighted by Crippen LogP contribution is -2.62. The molecule has 140 valence electrons. The summed E-state index contributed by atoms with van der Waals surface area (Å²) < 4.78 is 10.6. The monoisotopic (exact) mass is 367 g/mol. The number of benzene rings is 1. The van der Waals surface area contributed by atoms with Crippen LogP contribution in [0.5, 0.6) is 0 Å². The summed E-state index contributed by atoms with van der Waals surface area (Å²) in [6.45, 7) is 6.42. The molecule has 25 heavy (non-hydrogen) atoms. The molecule has 1 heterocycles. The molecule has 0 spiro atoms. The van der Waals surface area contributed by atoms with Crippen molar-refractivity contribution in [3.8, 4) is 0 Å². The maximum Gasteiger partial charge on any atom is 0.515 e. The van der Waals surface area contributed by atoms with Crippen LogP contribution in [0.3, 0.4) is 0 Å². The summed E-state index contributed by atoms with van der Waals surface area (Å²) in [5.41, 5.74) is 0.711. The van der Waals surface area contributed by atoms with E-state index in [0.29, 0.717) is 10.5 Å². The van der Waals surface area contributed by atoms with Gasteiger partial charge in [0.2, 0.25) is 0 Å². The van der Waals surface area contributed by atoms with Crippen LogP contribution in [0.15, 0.2) is 30.3 Å². The Morgan fingerprint density at radius 1 is 1.24 bits per heavy atom. The van der Waals surface area contributed by atoms with E-state index in [9.17, 15) is 9.59 Å². The summed E-state index contributed by atoms with van der Waals surface area (Å²) in [4.78, 5) is 24.1. The lowest BCUT2D eigenvalue weighted by Gasteiger charge is -2.46. The van der Waals surface area contributed by atoms with Crippen molar-refractivity contribution < 1.29 is 23.2 Å². The lowest BCUT2D eigenvalue weighted by atomic mass is 10.00. The van der Waals surface area contributed by atoms with Crippen LogP contribution in [0, 0.1) is 0 Å². The molecule has 2 atom stereocenters. The van der Waals surface area contributed by atoms with Crippen molar-refractivity contribution in [2.45, 2.75) is 38.5 Å². The number of aldehydes is 1. The van der Waals surface area contributed by atoms with Gasteiger partial charge in [-0.15, -0.1) is 0 Å². The topological polar surface area (TPSA) is 55.8 Å². The maximum atomic E-state index is 11.2. The molecule has 1 aromatic rings. The Labute approximate surface area is 153 Å². The van der Waals surface area contributed by atoms with Crippen LogP contribution in [0.2, 0.25) is 0 Å². The van der Waals surface area contributed by atoms with E-state index in [-0.39, 0.29) is 28.3 Å². The molecule has 0 aliphatic carbocycles. The summed E-state index contributed by atoms with van der Waals surface area (Å²) in [5.74, 6) is 0. The zero-order valence-electron chi connectivity index (χ0n) is 16.4. The SMILES string of the molecule is CC(C)(C)OC(=O)[N+](C)(C)C.O=CC1C(O[SiH3])CN1c1ccccc1. The Hall–Kier alpha value is -1.70. The molecule has 1 aliphatic heterocycles. The van der Waals surface area contributed by atoms with Crippen molar-refractivity contribution in [1.29, 1.82) is 0 Å². The Balaban J connectivity index is 0.000000260. The van der Waals surface area contributed by atoms with Gasteiger partial charge in [0.1, 0.15) is 28.4 Å². The van der Waals surface area contributed by atoms with Crippen molar-refractivity contribution in [2.24, 2.45) is 0 Å². The average Bonchev–Trinajstić information content (AvgIpc) is 2.46. The number of para-hydroxylation sites is 1. The smallest absolute Gasteiger partial charge is 0.421 e. The standard InChI is InChI=1S/C10H13NO2Si.C8H18NO2/c12-7-9-10(13-14)6-11(9)8-4-2-1-3-5-8;1-8(2,3)11-7(10)9(4,5)6/h1-5,7,9-10H,6H2,14H3;1-6H3/q;+1. The highest BCUT2D eigenvalue weighted by Gasteiger charge is 2.38. The van der Waals surface area contributed by atoms with Crippen molar-refractivity contribution in [1.82, 2.24) is 0 Å². The van der Waals surface area contributed by atoms with Gasteiger partial charge in [-0.25, -0.2) is 4.48 Å². The molecular weight excluding hydrogens is 336 g/mol. The average molecular weight is 368 g/mol.